The number of aromatic amines is 2. The molecule has 3 heterocycles. The highest BCUT2D eigenvalue weighted by molar-refractivity contribution is 6.04. The molecule has 0 aliphatic carbocycles. The number of nitrogens with one attached hydrogen (secondary N) is 2. The van der Waals surface area contributed by atoms with E-state index in [9.17, 15) is 0 Å². The van der Waals surface area contributed by atoms with Crippen molar-refractivity contribution in [2.75, 3.05) is 0 Å². The number of aromatic nitrogens is 3. The van der Waals surface area contributed by atoms with Crippen LogP contribution in [0.4, 0.5) is 0 Å². The van der Waals surface area contributed by atoms with Crippen molar-refractivity contribution in [1.82, 2.24) is 15.2 Å². The topological polar surface area (TPSA) is 66.1 Å². The molecule has 2 N–H and O–H groups in total. The van der Waals surface area contributed by atoms with E-state index in [0.29, 0.717) is 0 Å². The molecule has 1 atom stereocenters. The summed E-state index contributed by atoms with van der Waals surface area (Å²) < 4.78 is 0. The van der Waals surface area contributed by atoms with Gasteiger partial charge in [0, 0.05) is 18.2 Å². The van der Waals surface area contributed by atoms with Gasteiger partial charge in [-0.3, -0.25) is 5.10 Å². The van der Waals surface area contributed by atoms with E-state index in [4.69, 9.17) is 4.84 Å². The van der Waals surface area contributed by atoms with Crippen molar-refractivity contribution in [2.24, 2.45) is 5.16 Å². The normalized spacial score (nSPS) is 17.3. The van der Waals surface area contributed by atoms with Gasteiger partial charge in [-0.2, -0.15) is 5.10 Å². The highest BCUT2D eigenvalue weighted by Gasteiger charge is 2.27. The zero-order valence-corrected chi connectivity index (χ0v) is 12.2. The standard InChI is InChI=1S/C17H16N4O/c1-11-4-6-12(7-5-11)13-10-19-20-17(13)15-9-16(22-21-15)14-3-2-8-18-14/h2-8,10,16,18H,9H2,1H3,(H,19,20). The molecule has 0 spiro atoms. The van der Waals surface area contributed by atoms with Crippen LogP contribution in [-0.2, 0) is 4.84 Å². The van der Waals surface area contributed by atoms with Gasteiger partial charge in [-0.1, -0.05) is 35.0 Å². The summed E-state index contributed by atoms with van der Waals surface area (Å²) in [5.74, 6) is 0. The van der Waals surface area contributed by atoms with Crippen LogP contribution in [0.25, 0.3) is 11.1 Å². The molecule has 1 aliphatic heterocycles. The van der Waals surface area contributed by atoms with E-state index in [2.05, 4.69) is 51.5 Å². The van der Waals surface area contributed by atoms with Gasteiger partial charge in [0.05, 0.1) is 17.6 Å². The predicted molar refractivity (Wildman–Crippen MR) is 84.5 cm³/mol. The highest BCUT2D eigenvalue weighted by atomic mass is 16.6. The Hall–Kier alpha value is -2.82. The summed E-state index contributed by atoms with van der Waals surface area (Å²) in [6.45, 7) is 2.08. The summed E-state index contributed by atoms with van der Waals surface area (Å²) in [6, 6.07) is 12.4. The van der Waals surface area contributed by atoms with E-state index in [1.165, 1.54) is 5.56 Å². The maximum Gasteiger partial charge on any atom is 0.172 e. The number of hydrogen-bond donors (Lipinski definition) is 2. The van der Waals surface area contributed by atoms with Gasteiger partial charge >= 0.3 is 0 Å². The lowest BCUT2D eigenvalue weighted by atomic mass is 10.00. The molecule has 0 saturated heterocycles. The van der Waals surface area contributed by atoms with Gasteiger partial charge in [0.1, 0.15) is 5.71 Å². The van der Waals surface area contributed by atoms with Crippen LogP contribution in [0.5, 0.6) is 0 Å². The van der Waals surface area contributed by atoms with Crippen LogP contribution < -0.4 is 0 Å². The third kappa shape index (κ3) is 2.20. The summed E-state index contributed by atoms with van der Waals surface area (Å²) in [5.41, 5.74) is 6.28. The fraction of sp³-hybridized carbons (Fsp3) is 0.176. The molecule has 4 rings (SSSR count). The molecule has 0 fully saturated rings. The van der Waals surface area contributed by atoms with Crippen molar-refractivity contribution in [3.8, 4) is 11.1 Å². The second kappa shape index (κ2) is 5.18. The minimum Gasteiger partial charge on any atom is -0.385 e. The second-order valence-electron chi connectivity index (χ2n) is 5.49. The minimum absolute atomic E-state index is 0.0563. The van der Waals surface area contributed by atoms with Crippen LogP contribution in [0, 0.1) is 6.92 Å². The van der Waals surface area contributed by atoms with E-state index in [1.807, 2.05) is 24.5 Å². The first-order chi connectivity index (χ1) is 10.8. The first-order valence-electron chi connectivity index (χ1n) is 7.28. The van der Waals surface area contributed by atoms with Crippen molar-refractivity contribution >= 4 is 5.71 Å². The summed E-state index contributed by atoms with van der Waals surface area (Å²) in [4.78, 5) is 8.73. The number of hydrogen-bond acceptors (Lipinski definition) is 3. The molecule has 0 bridgehead atoms. The van der Waals surface area contributed by atoms with Gasteiger partial charge in [-0.15, -0.1) is 0 Å². The first-order valence-corrected chi connectivity index (χ1v) is 7.28. The van der Waals surface area contributed by atoms with Crippen molar-refractivity contribution in [2.45, 2.75) is 19.4 Å². The number of rotatable bonds is 3. The quantitative estimate of drug-likeness (QED) is 0.775. The zero-order valence-electron chi connectivity index (χ0n) is 12.2. The monoisotopic (exact) mass is 292 g/mol. The van der Waals surface area contributed by atoms with Crippen molar-refractivity contribution in [1.29, 1.82) is 0 Å². The number of nitrogens with zero attached hydrogens (tertiary/aromatic N) is 2. The maximum absolute atomic E-state index is 5.55. The van der Waals surface area contributed by atoms with Gasteiger partial charge in [0.15, 0.2) is 6.10 Å². The number of oxime groups is 1. The van der Waals surface area contributed by atoms with E-state index in [-0.39, 0.29) is 6.10 Å². The fourth-order valence-electron chi connectivity index (χ4n) is 2.69. The molecule has 5 heteroatoms. The number of aryl methyl sites for hydroxylation is 1. The molecule has 1 aromatic carbocycles. The largest absolute Gasteiger partial charge is 0.385 e. The van der Waals surface area contributed by atoms with Gasteiger partial charge in [0.2, 0.25) is 0 Å². The maximum atomic E-state index is 5.55. The van der Waals surface area contributed by atoms with Crippen LogP contribution in [-0.4, -0.2) is 20.9 Å². The van der Waals surface area contributed by atoms with Gasteiger partial charge in [-0.05, 0) is 24.6 Å². The molecule has 5 nitrogen and oxygen atoms in total. The predicted octanol–water partition coefficient (Wildman–Crippen LogP) is 3.58. The van der Waals surface area contributed by atoms with Crippen LogP contribution in [0.1, 0.15) is 29.5 Å². The Balaban J connectivity index is 1.62. The minimum atomic E-state index is -0.0563. The molecule has 0 radical (unpaired) electrons. The smallest absolute Gasteiger partial charge is 0.172 e. The summed E-state index contributed by atoms with van der Waals surface area (Å²) in [5, 5.41) is 11.5. The summed E-state index contributed by atoms with van der Waals surface area (Å²) in [6.07, 6.45) is 4.40. The molecule has 2 aromatic heterocycles. The molecule has 3 aromatic rings. The van der Waals surface area contributed by atoms with Crippen LogP contribution in [0.15, 0.2) is 53.9 Å². The van der Waals surface area contributed by atoms with Gasteiger partial charge in [0.25, 0.3) is 0 Å². The SMILES string of the molecule is Cc1ccc(-c2cn[nH]c2C2=NOC(c3ccc[nH]3)C2)cc1. The fourth-order valence-corrected chi connectivity index (χ4v) is 2.69. The average molecular weight is 292 g/mol. The third-order valence-electron chi connectivity index (χ3n) is 3.93. The van der Waals surface area contributed by atoms with E-state index < -0.39 is 0 Å². The van der Waals surface area contributed by atoms with Crippen LogP contribution in [0.3, 0.4) is 0 Å². The molecule has 1 aliphatic rings. The Morgan fingerprint density at radius 3 is 2.82 bits per heavy atom. The average Bonchev–Trinajstić information content (AvgIpc) is 3.27. The molecule has 22 heavy (non-hydrogen) atoms. The number of H-pyrrole nitrogens is 2. The Kier molecular flexibility index (Phi) is 3.04. The lowest BCUT2D eigenvalue weighted by Crippen LogP contribution is -2.03. The Morgan fingerprint density at radius 1 is 1.18 bits per heavy atom. The zero-order chi connectivity index (χ0) is 14.9. The third-order valence-corrected chi connectivity index (χ3v) is 3.93. The van der Waals surface area contributed by atoms with E-state index in [1.54, 1.807) is 0 Å². The first kappa shape index (κ1) is 12.9. The van der Waals surface area contributed by atoms with Gasteiger partial charge < -0.3 is 9.82 Å². The lowest BCUT2D eigenvalue weighted by Gasteiger charge is -2.05. The summed E-state index contributed by atoms with van der Waals surface area (Å²) in [7, 11) is 0. The highest BCUT2D eigenvalue weighted by Crippen LogP contribution is 2.31. The van der Waals surface area contributed by atoms with Crippen molar-refractivity contribution in [3.05, 3.63) is 65.7 Å². The lowest BCUT2D eigenvalue weighted by molar-refractivity contribution is 0.0830. The molecule has 0 saturated carbocycles. The molecular weight excluding hydrogens is 276 g/mol. The van der Waals surface area contributed by atoms with Crippen LogP contribution in [0.2, 0.25) is 0 Å². The van der Waals surface area contributed by atoms with Crippen molar-refractivity contribution in [3.63, 3.8) is 0 Å². The molecule has 1 unspecified atom stereocenters. The van der Waals surface area contributed by atoms with Crippen molar-refractivity contribution < 1.29 is 4.84 Å². The summed E-state index contributed by atoms with van der Waals surface area (Å²) >= 11 is 0. The second-order valence-corrected chi connectivity index (χ2v) is 5.49. The Morgan fingerprint density at radius 2 is 2.05 bits per heavy atom. The number of benzene rings is 1. The molecule has 0 amide bonds. The van der Waals surface area contributed by atoms with E-state index in [0.717, 1.165) is 34.6 Å². The molecule has 110 valence electrons. The van der Waals surface area contributed by atoms with Gasteiger partial charge in [-0.25, -0.2) is 0 Å². The Bertz CT molecular complexity index is 800. The Labute approximate surface area is 128 Å². The van der Waals surface area contributed by atoms with Crippen LogP contribution >= 0.6 is 0 Å². The molecular formula is C17H16N4O. The van der Waals surface area contributed by atoms with E-state index >= 15 is 0 Å².